The monoisotopic (exact) mass is 552 g/mol. The molecule has 0 saturated carbocycles. The lowest BCUT2D eigenvalue weighted by Crippen LogP contribution is -2.53. The number of nitrogens with one attached hydrogen (secondary N) is 1. The van der Waals surface area contributed by atoms with Crippen LogP contribution in [0.5, 0.6) is 0 Å². The quantitative estimate of drug-likeness (QED) is 0.271. The minimum absolute atomic E-state index is 0.0202. The van der Waals surface area contributed by atoms with Gasteiger partial charge in [-0.25, -0.2) is 8.42 Å². The van der Waals surface area contributed by atoms with Gasteiger partial charge >= 0.3 is 0 Å². The van der Waals surface area contributed by atoms with Crippen molar-refractivity contribution in [3.05, 3.63) is 106 Å². The Balaban J connectivity index is 2.06. The van der Waals surface area contributed by atoms with Gasteiger partial charge in [-0.3, -0.25) is 24.0 Å². The Morgan fingerprint density at radius 3 is 2.26 bits per heavy atom. The Morgan fingerprint density at radius 2 is 1.64 bits per heavy atom. The molecule has 0 aliphatic rings. The number of nitro groups is 1. The molecule has 3 aromatic rings. The Kier molecular flexibility index (Phi) is 9.78. The van der Waals surface area contributed by atoms with Gasteiger partial charge in [0.15, 0.2) is 0 Å². The highest BCUT2D eigenvalue weighted by atomic mass is 32.2. The van der Waals surface area contributed by atoms with E-state index in [-0.39, 0.29) is 30.2 Å². The lowest BCUT2D eigenvalue weighted by molar-refractivity contribution is -0.384. The van der Waals surface area contributed by atoms with E-state index in [9.17, 15) is 28.1 Å². The van der Waals surface area contributed by atoms with E-state index < -0.39 is 33.4 Å². The van der Waals surface area contributed by atoms with Crippen LogP contribution in [0.4, 0.5) is 11.4 Å². The number of amides is 2. The molecule has 0 spiro atoms. The summed E-state index contributed by atoms with van der Waals surface area (Å²) in [4.78, 5) is 39.3. The molecule has 1 atom stereocenters. The Morgan fingerprint density at radius 1 is 0.974 bits per heavy atom. The number of likely N-dealkylation sites (N-methyl/N-ethyl adjacent to an activating group) is 1. The van der Waals surface area contributed by atoms with Crippen molar-refractivity contribution >= 4 is 33.2 Å². The van der Waals surface area contributed by atoms with Crippen molar-refractivity contribution in [3.8, 4) is 0 Å². The van der Waals surface area contributed by atoms with E-state index in [0.29, 0.717) is 6.54 Å². The summed E-state index contributed by atoms with van der Waals surface area (Å²) in [6.07, 6.45) is 1.13. The van der Waals surface area contributed by atoms with Crippen LogP contribution in [0.15, 0.2) is 78.9 Å². The first kappa shape index (κ1) is 29.3. The van der Waals surface area contributed by atoms with Crippen LogP contribution in [0.2, 0.25) is 0 Å². The first-order valence-corrected chi connectivity index (χ1v) is 14.2. The van der Waals surface area contributed by atoms with Crippen LogP contribution in [0, 0.1) is 17.0 Å². The third kappa shape index (κ3) is 8.11. The van der Waals surface area contributed by atoms with Crippen molar-refractivity contribution in [2.45, 2.75) is 32.9 Å². The maximum atomic E-state index is 13.9. The van der Waals surface area contributed by atoms with Crippen LogP contribution in [0.1, 0.15) is 23.6 Å². The fourth-order valence-corrected chi connectivity index (χ4v) is 5.07. The fraction of sp³-hybridized carbons (Fsp3) is 0.286. The summed E-state index contributed by atoms with van der Waals surface area (Å²) in [5, 5.41) is 14.1. The molecule has 0 bridgehead atoms. The molecule has 0 saturated heterocycles. The summed E-state index contributed by atoms with van der Waals surface area (Å²) in [6.45, 7) is 3.45. The third-order valence-electron chi connectivity index (χ3n) is 6.07. The van der Waals surface area contributed by atoms with Crippen LogP contribution >= 0.6 is 0 Å². The number of aryl methyl sites for hydroxylation is 1. The number of nitro benzene ring substituents is 1. The smallest absolute Gasteiger partial charge is 0.271 e. The second-order valence-electron chi connectivity index (χ2n) is 9.16. The van der Waals surface area contributed by atoms with Crippen LogP contribution in [-0.4, -0.2) is 55.4 Å². The van der Waals surface area contributed by atoms with Crippen LogP contribution in [-0.2, 0) is 32.6 Å². The van der Waals surface area contributed by atoms with Crippen molar-refractivity contribution in [3.63, 3.8) is 0 Å². The van der Waals surface area contributed by atoms with E-state index in [0.717, 1.165) is 33.3 Å². The number of hydrogen-bond donors (Lipinski definition) is 1. The lowest BCUT2D eigenvalue weighted by Gasteiger charge is -2.33. The average molecular weight is 553 g/mol. The molecule has 3 aromatic carbocycles. The number of anilines is 1. The number of carbonyl (C=O) groups is 2. The molecular formula is C28H32N4O6S. The zero-order valence-corrected chi connectivity index (χ0v) is 22.9. The third-order valence-corrected chi connectivity index (χ3v) is 7.21. The molecule has 0 aliphatic carbocycles. The fourth-order valence-electron chi connectivity index (χ4n) is 4.23. The maximum absolute atomic E-state index is 13.9. The largest absolute Gasteiger partial charge is 0.355 e. The standard InChI is InChI=1S/C28H32N4O6S/c1-4-29-28(34)26(17-22-11-6-5-7-12-22)30(19-23-13-8-10-21(2)16-23)27(33)20-31(39(3,37)38)24-14-9-15-25(18-24)32(35)36/h5-16,18,26H,4,17,19-20H2,1-3H3,(H,29,34)/t26-/m0/s1. The van der Waals surface area contributed by atoms with Crippen LogP contribution in [0.3, 0.4) is 0 Å². The molecule has 1 N–H and O–H groups in total. The molecule has 0 aromatic heterocycles. The summed E-state index contributed by atoms with van der Waals surface area (Å²) < 4.78 is 26.4. The number of nitrogens with zero attached hydrogens (tertiary/aromatic N) is 3. The normalized spacial score (nSPS) is 11.9. The highest BCUT2D eigenvalue weighted by molar-refractivity contribution is 7.92. The zero-order chi connectivity index (χ0) is 28.6. The Hall–Kier alpha value is -4.25. The zero-order valence-electron chi connectivity index (χ0n) is 22.1. The molecule has 0 unspecified atom stereocenters. The topological polar surface area (TPSA) is 130 Å². The molecule has 0 radical (unpaired) electrons. The van der Waals surface area contributed by atoms with Gasteiger partial charge in [-0.05, 0) is 31.0 Å². The van der Waals surface area contributed by atoms with Gasteiger partial charge in [0, 0.05) is 31.6 Å². The molecule has 10 nitrogen and oxygen atoms in total. The second-order valence-corrected chi connectivity index (χ2v) is 11.1. The summed E-state index contributed by atoms with van der Waals surface area (Å²) >= 11 is 0. The summed E-state index contributed by atoms with van der Waals surface area (Å²) in [7, 11) is -4.02. The van der Waals surface area contributed by atoms with E-state index in [1.54, 1.807) is 6.92 Å². The van der Waals surface area contributed by atoms with E-state index in [4.69, 9.17) is 0 Å². The number of sulfonamides is 1. The number of non-ortho nitro benzene ring substituents is 1. The second kappa shape index (κ2) is 13.0. The molecule has 0 heterocycles. The maximum Gasteiger partial charge on any atom is 0.271 e. The van der Waals surface area contributed by atoms with Crippen molar-refractivity contribution in [2.24, 2.45) is 0 Å². The van der Waals surface area contributed by atoms with Crippen molar-refractivity contribution in [1.29, 1.82) is 0 Å². The summed E-state index contributed by atoms with van der Waals surface area (Å²) in [6, 6.07) is 20.9. The van der Waals surface area contributed by atoms with Crippen LogP contribution < -0.4 is 9.62 Å². The molecule has 3 rings (SSSR count). The van der Waals surface area contributed by atoms with Gasteiger partial charge in [-0.1, -0.05) is 66.2 Å². The lowest BCUT2D eigenvalue weighted by atomic mass is 10.0. The number of hydrogen-bond acceptors (Lipinski definition) is 6. The molecule has 0 aliphatic heterocycles. The predicted molar refractivity (Wildman–Crippen MR) is 150 cm³/mol. The number of carbonyl (C=O) groups excluding carboxylic acids is 2. The van der Waals surface area contributed by atoms with E-state index >= 15 is 0 Å². The molecule has 39 heavy (non-hydrogen) atoms. The summed E-state index contributed by atoms with van der Waals surface area (Å²) in [5.74, 6) is -0.996. The first-order chi connectivity index (χ1) is 18.5. The Bertz CT molecular complexity index is 1430. The Labute approximate surface area is 228 Å². The number of benzene rings is 3. The molecule has 2 amide bonds. The highest BCUT2D eigenvalue weighted by Gasteiger charge is 2.33. The van der Waals surface area contributed by atoms with Crippen molar-refractivity contribution < 1.29 is 22.9 Å². The van der Waals surface area contributed by atoms with Gasteiger partial charge in [0.1, 0.15) is 12.6 Å². The molecule has 206 valence electrons. The number of rotatable bonds is 12. The van der Waals surface area contributed by atoms with Crippen molar-refractivity contribution in [2.75, 3.05) is 23.7 Å². The highest BCUT2D eigenvalue weighted by Crippen LogP contribution is 2.24. The van der Waals surface area contributed by atoms with Gasteiger partial charge in [0.2, 0.25) is 21.8 Å². The van der Waals surface area contributed by atoms with E-state index in [1.807, 2.05) is 61.5 Å². The van der Waals surface area contributed by atoms with Gasteiger partial charge in [0.25, 0.3) is 5.69 Å². The van der Waals surface area contributed by atoms with Crippen LogP contribution in [0.25, 0.3) is 0 Å². The first-order valence-electron chi connectivity index (χ1n) is 12.4. The van der Waals surface area contributed by atoms with Gasteiger partial charge < -0.3 is 10.2 Å². The predicted octanol–water partition coefficient (Wildman–Crippen LogP) is 3.45. The minimum atomic E-state index is -4.02. The van der Waals surface area contributed by atoms with Gasteiger partial charge in [-0.2, -0.15) is 0 Å². The van der Waals surface area contributed by atoms with Gasteiger partial charge in [-0.15, -0.1) is 0 Å². The average Bonchev–Trinajstić information content (AvgIpc) is 2.89. The minimum Gasteiger partial charge on any atom is -0.355 e. The van der Waals surface area contributed by atoms with Gasteiger partial charge in [0.05, 0.1) is 16.9 Å². The molecule has 11 heteroatoms. The molecule has 0 fully saturated rings. The van der Waals surface area contributed by atoms with E-state index in [2.05, 4.69) is 5.32 Å². The van der Waals surface area contributed by atoms with Crippen molar-refractivity contribution in [1.82, 2.24) is 10.2 Å². The van der Waals surface area contributed by atoms with E-state index in [1.165, 1.54) is 23.1 Å². The summed E-state index contributed by atoms with van der Waals surface area (Å²) in [5.41, 5.74) is 2.23. The molecular weight excluding hydrogens is 520 g/mol. The SMILES string of the molecule is CCNC(=O)[C@H](Cc1ccccc1)N(Cc1cccc(C)c1)C(=O)CN(c1cccc([N+](=O)[O-])c1)S(C)(=O)=O.